The summed E-state index contributed by atoms with van der Waals surface area (Å²) < 4.78 is 13.0. The Bertz CT molecular complexity index is 887. The van der Waals surface area contributed by atoms with E-state index in [1.165, 1.54) is 24.3 Å². The van der Waals surface area contributed by atoms with Crippen molar-refractivity contribution in [2.24, 2.45) is 0 Å². The van der Waals surface area contributed by atoms with Crippen LogP contribution in [-0.2, 0) is 4.79 Å². The fourth-order valence-electron chi connectivity index (χ4n) is 3.48. The third-order valence-corrected chi connectivity index (χ3v) is 5.27. The van der Waals surface area contributed by atoms with Gasteiger partial charge in [-0.05, 0) is 36.8 Å². The highest BCUT2D eigenvalue weighted by Crippen LogP contribution is 2.13. The number of carbonyl (C=O) groups is 3. The minimum atomic E-state index is -0.366. The van der Waals surface area contributed by atoms with Crippen molar-refractivity contribution in [1.29, 1.82) is 0 Å². The summed E-state index contributed by atoms with van der Waals surface area (Å²) in [5.41, 5.74) is 2.08. The zero-order valence-electron chi connectivity index (χ0n) is 16.6. The molecule has 2 aromatic rings. The van der Waals surface area contributed by atoms with Crippen LogP contribution in [0.1, 0.15) is 39.1 Å². The number of rotatable bonds is 7. The fraction of sp³-hybridized carbons (Fsp3) is 0.348. The first kappa shape index (κ1) is 20.9. The van der Waals surface area contributed by atoms with E-state index in [2.05, 4.69) is 0 Å². The highest BCUT2D eigenvalue weighted by molar-refractivity contribution is 5.99. The minimum absolute atomic E-state index is 0.0139. The van der Waals surface area contributed by atoms with Crippen molar-refractivity contribution >= 4 is 17.5 Å². The maximum atomic E-state index is 13.0. The number of ketones is 2. The van der Waals surface area contributed by atoms with Gasteiger partial charge < -0.3 is 4.90 Å². The number of hydrogen-bond donors (Lipinski definition) is 0. The van der Waals surface area contributed by atoms with Crippen LogP contribution in [0.25, 0.3) is 0 Å². The summed E-state index contributed by atoms with van der Waals surface area (Å²) in [6.45, 7) is 4.41. The first-order valence-corrected chi connectivity index (χ1v) is 9.82. The van der Waals surface area contributed by atoms with Gasteiger partial charge in [-0.15, -0.1) is 0 Å². The van der Waals surface area contributed by atoms with Gasteiger partial charge in [0.2, 0.25) is 5.91 Å². The first-order chi connectivity index (χ1) is 13.9. The molecule has 1 heterocycles. The molecule has 29 heavy (non-hydrogen) atoms. The zero-order valence-corrected chi connectivity index (χ0v) is 16.6. The molecule has 0 bridgehead atoms. The minimum Gasteiger partial charge on any atom is -0.340 e. The summed E-state index contributed by atoms with van der Waals surface area (Å²) in [7, 11) is 0. The molecule has 1 amide bonds. The summed E-state index contributed by atoms with van der Waals surface area (Å²) >= 11 is 0. The van der Waals surface area contributed by atoms with Gasteiger partial charge in [0.05, 0.1) is 6.54 Å². The van der Waals surface area contributed by atoms with Gasteiger partial charge in [-0.25, -0.2) is 4.39 Å². The van der Waals surface area contributed by atoms with E-state index in [0.717, 1.165) is 5.56 Å². The highest BCUT2D eigenvalue weighted by atomic mass is 19.1. The van der Waals surface area contributed by atoms with Gasteiger partial charge in [0.25, 0.3) is 0 Å². The molecule has 1 aliphatic rings. The van der Waals surface area contributed by atoms with Crippen LogP contribution in [0.5, 0.6) is 0 Å². The molecule has 1 fully saturated rings. The average molecular weight is 396 g/mol. The molecule has 1 saturated heterocycles. The quantitative estimate of drug-likeness (QED) is 0.675. The van der Waals surface area contributed by atoms with Gasteiger partial charge in [-0.1, -0.05) is 24.3 Å². The molecule has 0 radical (unpaired) electrons. The van der Waals surface area contributed by atoms with Crippen molar-refractivity contribution in [3.8, 4) is 0 Å². The van der Waals surface area contributed by atoms with Crippen molar-refractivity contribution in [1.82, 2.24) is 9.80 Å². The molecule has 5 nitrogen and oxygen atoms in total. The molecule has 0 aromatic heterocycles. The van der Waals surface area contributed by atoms with E-state index >= 15 is 0 Å². The Kier molecular flexibility index (Phi) is 6.88. The highest BCUT2D eigenvalue weighted by Gasteiger charge is 2.23. The topological polar surface area (TPSA) is 57.7 Å². The second-order valence-electron chi connectivity index (χ2n) is 7.33. The fourth-order valence-corrected chi connectivity index (χ4v) is 3.48. The van der Waals surface area contributed by atoms with E-state index in [1.54, 1.807) is 11.0 Å². The Balaban J connectivity index is 1.43. The van der Waals surface area contributed by atoms with Crippen LogP contribution in [0.3, 0.4) is 0 Å². The average Bonchev–Trinajstić information content (AvgIpc) is 2.73. The molecule has 152 valence electrons. The molecule has 0 atom stereocenters. The van der Waals surface area contributed by atoms with E-state index < -0.39 is 0 Å². The summed E-state index contributed by atoms with van der Waals surface area (Å²) in [5, 5.41) is 0. The summed E-state index contributed by atoms with van der Waals surface area (Å²) in [4.78, 5) is 40.8. The lowest BCUT2D eigenvalue weighted by Crippen LogP contribution is -2.49. The van der Waals surface area contributed by atoms with E-state index in [4.69, 9.17) is 0 Å². The number of piperazine rings is 1. The van der Waals surface area contributed by atoms with Crippen molar-refractivity contribution in [3.63, 3.8) is 0 Å². The summed E-state index contributed by atoms with van der Waals surface area (Å²) in [5.74, 6) is -0.473. The molecule has 0 aliphatic carbocycles. The number of carbonyl (C=O) groups excluding carboxylic acids is 3. The monoisotopic (exact) mass is 396 g/mol. The van der Waals surface area contributed by atoms with Crippen LogP contribution in [0, 0.1) is 12.7 Å². The van der Waals surface area contributed by atoms with Crippen LogP contribution >= 0.6 is 0 Å². The van der Waals surface area contributed by atoms with Crippen molar-refractivity contribution < 1.29 is 18.8 Å². The van der Waals surface area contributed by atoms with Gasteiger partial charge in [-0.3, -0.25) is 19.3 Å². The van der Waals surface area contributed by atoms with E-state index in [1.807, 2.05) is 30.0 Å². The maximum absolute atomic E-state index is 13.0. The SMILES string of the molecule is Cc1ccccc1C(=O)CCC(=O)N1CCN(CC(=O)c2ccc(F)cc2)CC1. The predicted octanol–water partition coefficient (Wildman–Crippen LogP) is 3.12. The molecule has 2 aromatic carbocycles. The molecule has 0 saturated carbocycles. The number of benzene rings is 2. The normalized spacial score (nSPS) is 14.6. The van der Waals surface area contributed by atoms with E-state index in [9.17, 15) is 18.8 Å². The van der Waals surface area contributed by atoms with Crippen molar-refractivity contribution in [3.05, 3.63) is 71.0 Å². The van der Waals surface area contributed by atoms with Crippen LogP contribution in [0.2, 0.25) is 0 Å². The van der Waals surface area contributed by atoms with Crippen LogP contribution < -0.4 is 0 Å². The molecule has 0 N–H and O–H groups in total. The van der Waals surface area contributed by atoms with Gasteiger partial charge >= 0.3 is 0 Å². The van der Waals surface area contributed by atoms with E-state index in [-0.39, 0.29) is 42.7 Å². The molecular formula is C23H25FN2O3. The second kappa shape index (κ2) is 9.56. The third-order valence-electron chi connectivity index (χ3n) is 5.27. The lowest BCUT2D eigenvalue weighted by atomic mass is 10.0. The number of Topliss-reactive ketones (excluding diaryl/α,β-unsaturated/α-hetero) is 2. The number of amides is 1. The Morgan fingerprint density at radius 2 is 1.52 bits per heavy atom. The lowest BCUT2D eigenvalue weighted by molar-refractivity contribution is -0.132. The Hall–Kier alpha value is -2.86. The van der Waals surface area contributed by atoms with Crippen molar-refractivity contribution in [2.45, 2.75) is 19.8 Å². The number of nitrogens with zero attached hydrogens (tertiary/aromatic N) is 2. The van der Waals surface area contributed by atoms with Crippen LogP contribution in [-0.4, -0.2) is 60.0 Å². The van der Waals surface area contributed by atoms with Crippen molar-refractivity contribution in [2.75, 3.05) is 32.7 Å². The summed E-state index contributed by atoms with van der Waals surface area (Å²) in [6.07, 6.45) is 0.397. The maximum Gasteiger partial charge on any atom is 0.223 e. The standard InChI is InChI=1S/C23H25FN2O3/c1-17-4-2-3-5-20(17)21(27)10-11-23(29)26-14-12-25(13-15-26)16-22(28)18-6-8-19(24)9-7-18/h2-9H,10-16H2,1H3. The third kappa shape index (κ3) is 5.57. The number of hydrogen-bond acceptors (Lipinski definition) is 4. The summed E-state index contributed by atoms with van der Waals surface area (Å²) in [6, 6.07) is 12.9. The Morgan fingerprint density at radius 3 is 2.17 bits per heavy atom. The molecular weight excluding hydrogens is 371 g/mol. The molecule has 1 aliphatic heterocycles. The van der Waals surface area contributed by atoms with Gasteiger partial charge in [0, 0.05) is 50.1 Å². The number of aryl methyl sites for hydroxylation is 1. The Labute approximate surface area is 170 Å². The largest absolute Gasteiger partial charge is 0.340 e. The molecule has 0 spiro atoms. The Morgan fingerprint density at radius 1 is 0.862 bits per heavy atom. The second-order valence-corrected chi connectivity index (χ2v) is 7.33. The van der Waals surface area contributed by atoms with Gasteiger partial charge in [-0.2, -0.15) is 0 Å². The predicted molar refractivity (Wildman–Crippen MR) is 108 cm³/mol. The smallest absolute Gasteiger partial charge is 0.223 e. The van der Waals surface area contributed by atoms with Gasteiger partial charge in [0.1, 0.15) is 5.82 Å². The van der Waals surface area contributed by atoms with E-state index in [0.29, 0.717) is 37.3 Å². The lowest BCUT2D eigenvalue weighted by Gasteiger charge is -2.34. The molecule has 6 heteroatoms. The molecule has 3 rings (SSSR count). The first-order valence-electron chi connectivity index (χ1n) is 9.82. The van der Waals surface area contributed by atoms with Crippen LogP contribution in [0.15, 0.2) is 48.5 Å². The van der Waals surface area contributed by atoms with Crippen LogP contribution in [0.4, 0.5) is 4.39 Å². The van der Waals surface area contributed by atoms with Gasteiger partial charge in [0.15, 0.2) is 11.6 Å². The zero-order chi connectivity index (χ0) is 20.8. The number of halogens is 1. The molecule has 0 unspecified atom stereocenters.